The quantitative estimate of drug-likeness (QED) is 0.814. The van der Waals surface area contributed by atoms with Gasteiger partial charge < -0.3 is 19.7 Å². The third-order valence-electron chi connectivity index (χ3n) is 1.92. The predicted octanol–water partition coefficient (Wildman–Crippen LogP) is 0.997. The van der Waals surface area contributed by atoms with Crippen LogP contribution >= 0.6 is 0 Å². The minimum Gasteiger partial charge on any atom is -0.496 e. The van der Waals surface area contributed by atoms with Crippen molar-refractivity contribution in [3.8, 4) is 11.6 Å². The third kappa shape index (κ3) is 1.62. The van der Waals surface area contributed by atoms with Crippen LogP contribution in [0.5, 0.6) is 11.6 Å². The Morgan fingerprint density at radius 2 is 2.31 bits per heavy atom. The summed E-state index contributed by atoms with van der Waals surface area (Å²) in [7, 11) is 1.48. The second kappa shape index (κ2) is 3.69. The second-order valence-electron chi connectivity index (χ2n) is 3.05. The topological polar surface area (TPSA) is 100 Å². The summed E-state index contributed by atoms with van der Waals surface area (Å²) in [5, 5.41) is 3.93. The van der Waals surface area contributed by atoms with E-state index in [2.05, 4.69) is 14.9 Å². The Labute approximate surface area is 90.1 Å². The molecule has 0 spiro atoms. The van der Waals surface area contributed by atoms with E-state index in [1.54, 1.807) is 13.0 Å². The number of carbonyl (C=O) groups is 1. The number of carbonyl (C=O) groups excluding carboxylic acids is 1. The fourth-order valence-corrected chi connectivity index (χ4v) is 1.33. The molecule has 0 aromatic carbocycles. The molecule has 1 amide bonds. The molecule has 0 atom stereocenters. The van der Waals surface area contributed by atoms with E-state index in [9.17, 15) is 4.79 Å². The van der Waals surface area contributed by atoms with Crippen LogP contribution in [0.2, 0.25) is 0 Å². The minimum atomic E-state index is -0.974. The number of primary amides is 1. The standard InChI is InChI=1S/C9H9N3O4/c1-4-3-5(14-2)6-7(11-4)16-12-8(6)15-9(10)13/h3H,1-2H3,(H2,10,13). The molecule has 0 bridgehead atoms. The lowest BCUT2D eigenvalue weighted by Gasteiger charge is -2.02. The van der Waals surface area contributed by atoms with Gasteiger partial charge in [0.15, 0.2) is 0 Å². The van der Waals surface area contributed by atoms with Crippen LogP contribution in [0.4, 0.5) is 4.79 Å². The maximum atomic E-state index is 10.6. The van der Waals surface area contributed by atoms with Gasteiger partial charge >= 0.3 is 6.09 Å². The molecule has 0 fully saturated rings. The van der Waals surface area contributed by atoms with Crippen molar-refractivity contribution < 1.29 is 18.8 Å². The summed E-state index contributed by atoms with van der Waals surface area (Å²) < 4.78 is 14.7. The van der Waals surface area contributed by atoms with Crippen LogP contribution in [0.15, 0.2) is 10.6 Å². The Morgan fingerprint density at radius 3 is 2.94 bits per heavy atom. The fourth-order valence-electron chi connectivity index (χ4n) is 1.33. The molecule has 84 valence electrons. The van der Waals surface area contributed by atoms with Crippen LogP contribution in [0.25, 0.3) is 11.1 Å². The van der Waals surface area contributed by atoms with Gasteiger partial charge in [-0.25, -0.2) is 9.78 Å². The van der Waals surface area contributed by atoms with E-state index in [4.69, 9.17) is 15.0 Å². The number of hydrogen-bond donors (Lipinski definition) is 1. The number of nitrogens with zero attached hydrogens (tertiary/aromatic N) is 2. The first-order valence-corrected chi connectivity index (χ1v) is 4.40. The van der Waals surface area contributed by atoms with Gasteiger partial charge in [-0.1, -0.05) is 0 Å². The van der Waals surface area contributed by atoms with Crippen LogP contribution in [-0.4, -0.2) is 23.3 Å². The SMILES string of the molecule is COc1cc(C)nc2onc(OC(N)=O)c12. The van der Waals surface area contributed by atoms with Crippen LogP contribution in [-0.2, 0) is 0 Å². The highest BCUT2D eigenvalue weighted by atomic mass is 16.6. The van der Waals surface area contributed by atoms with Gasteiger partial charge in [-0.3, -0.25) is 0 Å². The second-order valence-corrected chi connectivity index (χ2v) is 3.05. The van der Waals surface area contributed by atoms with E-state index in [0.717, 1.165) is 0 Å². The van der Waals surface area contributed by atoms with Crippen molar-refractivity contribution in [3.63, 3.8) is 0 Å². The Bertz CT molecular complexity index is 549. The summed E-state index contributed by atoms with van der Waals surface area (Å²) in [5.74, 6) is 0.409. The van der Waals surface area contributed by atoms with E-state index in [1.165, 1.54) is 7.11 Å². The molecule has 0 unspecified atom stereocenters. The first kappa shape index (κ1) is 10.2. The van der Waals surface area contributed by atoms with Crippen molar-refractivity contribution in [2.45, 2.75) is 6.92 Å². The maximum Gasteiger partial charge on any atom is 0.411 e. The van der Waals surface area contributed by atoms with Crippen molar-refractivity contribution in [2.24, 2.45) is 5.73 Å². The number of nitrogens with two attached hydrogens (primary N) is 1. The summed E-state index contributed by atoms with van der Waals surface area (Å²) >= 11 is 0. The zero-order valence-corrected chi connectivity index (χ0v) is 8.68. The monoisotopic (exact) mass is 223 g/mol. The van der Waals surface area contributed by atoms with E-state index < -0.39 is 6.09 Å². The molecule has 0 saturated heterocycles. The average Bonchev–Trinajstić information content (AvgIpc) is 2.59. The average molecular weight is 223 g/mol. The zero-order valence-electron chi connectivity index (χ0n) is 8.68. The molecule has 2 aromatic heterocycles. The van der Waals surface area contributed by atoms with Crippen molar-refractivity contribution in [1.29, 1.82) is 0 Å². The lowest BCUT2D eigenvalue weighted by molar-refractivity contribution is 0.206. The van der Waals surface area contributed by atoms with E-state index in [0.29, 0.717) is 16.8 Å². The number of pyridine rings is 1. The number of hydrogen-bond acceptors (Lipinski definition) is 6. The summed E-state index contributed by atoms with van der Waals surface area (Å²) in [5.41, 5.74) is 5.82. The summed E-state index contributed by atoms with van der Waals surface area (Å²) in [6, 6.07) is 1.67. The molecular formula is C9H9N3O4. The Morgan fingerprint density at radius 1 is 1.56 bits per heavy atom. The smallest absolute Gasteiger partial charge is 0.411 e. The van der Waals surface area contributed by atoms with E-state index >= 15 is 0 Å². The van der Waals surface area contributed by atoms with Gasteiger partial charge in [0.1, 0.15) is 11.1 Å². The van der Waals surface area contributed by atoms with Crippen LogP contribution < -0.4 is 15.2 Å². The summed E-state index contributed by atoms with van der Waals surface area (Å²) in [4.78, 5) is 14.7. The van der Waals surface area contributed by atoms with Crippen LogP contribution in [0.1, 0.15) is 5.69 Å². The zero-order chi connectivity index (χ0) is 11.7. The Hall–Kier alpha value is -2.31. The fraction of sp³-hybridized carbons (Fsp3) is 0.222. The molecule has 0 aliphatic carbocycles. The molecule has 0 aliphatic rings. The van der Waals surface area contributed by atoms with E-state index in [-0.39, 0.29) is 11.6 Å². The number of aryl methyl sites for hydroxylation is 1. The lowest BCUT2D eigenvalue weighted by Crippen LogP contribution is -2.16. The molecule has 2 aromatic rings. The highest BCUT2D eigenvalue weighted by Gasteiger charge is 2.18. The van der Waals surface area contributed by atoms with Gasteiger partial charge in [0.2, 0.25) is 0 Å². The molecule has 0 saturated carbocycles. The molecule has 0 aliphatic heterocycles. The highest BCUT2D eigenvalue weighted by molar-refractivity contribution is 5.88. The Balaban J connectivity index is 2.64. The molecule has 7 nitrogen and oxygen atoms in total. The predicted molar refractivity (Wildman–Crippen MR) is 53.3 cm³/mol. The molecule has 0 radical (unpaired) electrons. The van der Waals surface area contributed by atoms with Crippen LogP contribution in [0, 0.1) is 6.92 Å². The largest absolute Gasteiger partial charge is 0.496 e. The van der Waals surface area contributed by atoms with Gasteiger partial charge in [0.25, 0.3) is 11.6 Å². The molecule has 7 heteroatoms. The maximum absolute atomic E-state index is 10.6. The minimum absolute atomic E-state index is 0.0492. The van der Waals surface area contributed by atoms with Crippen LogP contribution in [0.3, 0.4) is 0 Å². The first-order chi connectivity index (χ1) is 7.61. The highest BCUT2D eigenvalue weighted by Crippen LogP contribution is 2.32. The van der Waals surface area contributed by atoms with Gasteiger partial charge in [-0.15, -0.1) is 0 Å². The number of methoxy groups -OCH3 is 1. The van der Waals surface area contributed by atoms with Crippen molar-refractivity contribution in [1.82, 2.24) is 10.1 Å². The van der Waals surface area contributed by atoms with Gasteiger partial charge in [0, 0.05) is 11.8 Å². The number of ether oxygens (including phenoxy) is 2. The van der Waals surface area contributed by atoms with Crippen molar-refractivity contribution in [2.75, 3.05) is 7.11 Å². The van der Waals surface area contributed by atoms with E-state index in [1.807, 2.05) is 0 Å². The number of rotatable bonds is 2. The molecule has 2 heterocycles. The summed E-state index contributed by atoms with van der Waals surface area (Å²) in [6.07, 6.45) is -0.974. The van der Waals surface area contributed by atoms with Gasteiger partial charge in [-0.05, 0) is 12.1 Å². The lowest BCUT2D eigenvalue weighted by atomic mass is 10.3. The van der Waals surface area contributed by atoms with Gasteiger partial charge in [0.05, 0.1) is 7.11 Å². The Kier molecular flexibility index (Phi) is 2.35. The first-order valence-electron chi connectivity index (χ1n) is 4.40. The third-order valence-corrected chi connectivity index (χ3v) is 1.92. The molecule has 2 rings (SSSR count). The number of fused-ring (bicyclic) bond motifs is 1. The molecular weight excluding hydrogens is 214 g/mol. The van der Waals surface area contributed by atoms with Crippen molar-refractivity contribution >= 4 is 17.2 Å². The number of amides is 1. The normalized spacial score (nSPS) is 10.4. The van der Waals surface area contributed by atoms with Crippen molar-refractivity contribution in [3.05, 3.63) is 11.8 Å². The molecule has 2 N–H and O–H groups in total. The molecule has 16 heavy (non-hydrogen) atoms. The summed E-state index contributed by atoms with van der Waals surface area (Å²) in [6.45, 7) is 1.78. The number of aromatic nitrogens is 2. The van der Waals surface area contributed by atoms with Gasteiger partial charge in [-0.2, -0.15) is 0 Å².